The first-order valence-corrected chi connectivity index (χ1v) is 8.48. The Hall–Kier alpha value is -2.82. The number of nitrogens with one attached hydrogen (secondary N) is 1. The summed E-state index contributed by atoms with van der Waals surface area (Å²) in [5, 5.41) is 2.88. The summed E-state index contributed by atoms with van der Waals surface area (Å²) in [5.41, 5.74) is 1.81. The van der Waals surface area contributed by atoms with Crippen LogP contribution in [0.1, 0.15) is 18.4 Å². The monoisotopic (exact) mass is 338 g/mol. The molecule has 0 aromatic heterocycles. The molecule has 0 aliphatic carbocycles. The molecule has 1 heterocycles. The molecule has 25 heavy (non-hydrogen) atoms. The van der Waals surface area contributed by atoms with Gasteiger partial charge in [-0.2, -0.15) is 0 Å². The molecule has 130 valence electrons. The topological polar surface area (TPSA) is 58.6 Å². The summed E-state index contributed by atoms with van der Waals surface area (Å²) < 4.78 is 5.58. The highest BCUT2D eigenvalue weighted by molar-refractivity contribution is 5.97. The molecular formula is C20H22N2O3. The molecule has 1 aliphatic rings. The van der Waals surface area contributed by atoms with Crippen LogP contribution in [0.4, 0.5) is 5.69 Å². The maximum Gasteiger partial charge on any atom is 0.261 e. The minimum absolute atomic E-state index is 0.0570. The Morgan fingerprint density at radius 2 is 1.96 bits per heavy atom. The van der Waals surface area contributed by atoms with Crippen molar-refractivity contribution in [3.05, 3.63) is 60.2 Å². The number of hydrogen-bond donors (Lipinski definition) is 1. The van der Waals surface area contributed by atoms with E-state index in [1.165, 1.54) is 0 Å². The van der Waals surface area contributed by atoms with Gasteiger partial charge in [-0.15, -0.1) is 0 Å². The average molecular weight is 338 g/mol. The van der Waals surface area contributed by atoms with Crippen molar-refractivity contribution in [2.45, 2.75) is 25.8 Å². The van der Waals surface area contributed by atoms with Crippen molar-refractivity contribution >= 4 is 17.5 Å². The van der Waals surface area contributed by atoms with Crippen LogP contribution in [-0.2, 0) is 9.59 Å². The number of rotatable bonds is 5. The third-order valence-corrected chi connectivity index (χ3v) is 4.27. The second-order valence-corrected chi connectivity index (χ2v) is 6.21. The molecule has 2 amide bonds. The molecule has 5 nitrogen and oxygen atoms in total. The number of para-hydroxylation sites is 1. The van der Waals surface area contributed by atoms with Gasteiger partial charge < -0.3 is 15.0 Å². The predicted molar refractivity (Wildman–Crippen MR) is 96.5 cm³/mol. The lowest BCUT2D eigenvalue weighted by Gasteiger charge is -2.24. The van der Waals surface area contributed by atoms with Crippen molar-refractivity contribution in [3.8, 4) is 5.75 Å². The maximum absolute atomic E-state index is 12.5. The molecular weight excluding hydrogens is 316 g/mol. The highest BCUT2D eigenvalue weighted by atomic mass is 16.5. The highest BCUT2D eigenvalue weighted by Crippen LogP contribution is 2.20. The SMILES string of the molecule is Cc1cccc(OCC(=O)N2CCC[C@H]2C(=O)Nc2ccccc2)c1. The summed E-state index contributed by atoms with van der Waals surface area (Å²) in [6.07, 6.45) is 1.50. The average Bonchev–Trinajstić information content (AvgIpc) is 3.11. The van der Waals surface area contributed by atoms with Crippen LogP contribution >= 0.6 is 0 Å². The van der Waals surface area contributed by atoms with Crippen LogP contribution < -0.4 is 10.1 Å². The largest absolute Gasteiger partial charge is 0.484 e. The van der Waals surface area contributed by atoms with Crippen LogP contribution in [0.25, 0.3) is 0 Å². The van der Waals surface area contributed by atoms with Crippen molar-refractivity contribution < 1.29 is 14.3 Å². The highest BCUT2D eigenvalue weighted by Gasteiger charge is 2.34. The van der Waals surface area contributed by atoms with Gasteiger partial charge in [-0.25, -0.2) is 0 Å². The van der Waals surface area contributed by atoms with Gasteiger partial charge in [0.15, 0.2) is 6.61 Å². The van der Waals surface area contributed by atoms with Gasteiger partial charge in [0.2, 0.25) is 5.91 Å². The number of ether oxygens (including phenoxy) is 1. The lowest BCUT2D eigenvalue weighted by molar-refractivity contribution is -0.138. The number of carbonyl (C=O) groups excluding carboxylic acids is 2. The molecule has 1 saturated heterocycles. The fourth-order valence-electron chi connectivity index (χ4n) is 3.02. The number of amides is 2. The van der Waals surface area contributed by atoms with E-state index < -0.39 is 6.04 Å². The summed E-state index contributed by atoms with van der Waals surface area (Å²) in [7, 11) is 0. The van der Waals surface area contributed by atoms with E-state index >= 15 is 0 Å². The summed E-state index contributed by atoms with van der Waals surface area (Å²) in [6, 6.07) is 16.4. The van der Waals surface area contributed by atoms with E-state index in [9.17, 15) is 9.59 Å². The quantitative estimate of drug-likeness (QED) is 0.912. The fraction of sp³-hybridized carbons (Fsp3) is 0.300. The van der Waals surface area contributed by atoms with Crippen LogP contribution in [0.5, 0.6) is 5.75 Å². The molecule has 0 unspecified atom stereocenters. The smallest absolute Gasteiger partial charge is 0.261 e. The Morgan fingerprint density at radius 1 is 1.16 bits per heavy atom. The Labute approximate surface area is 147 Å². The van der Waals surface area contributed by atoms with Gasteiger partial charge in [0, 0.05) is 12.2 Å². The first-order valence-electron chi connectivity index (χ1n) is 8.48. The van der Waals surface area contributed by atoms with Gasteiger partial charge in [-0.05, 0) is 49.6 Å². The Balaban J connectivity index is 1.58. The third kappa shape index (κ3) is 4.38. The summed E-state index contributed by atoms with van der Waals surface area (Å²) in [6.45, 7) is 2.50. The van der Waals surface area contributed by atoms with E-state index in [2.05, 4.69) is 5.32 Å². The second kappa shape index (κ2) is 7.83. The van der Waals surface area contributed by atoms with Crippen LogP contribution in [0.3, 0.4) is 0 Å². The molecule has 0 bridgehead atoms. The molecule has 3 rings (SSSR count). The van der Waals surface area contributed by atoms with Crippen LogP contribution in [0, 0.1) is 6.92 Å². The minimum atomic E-state index is -0.436. The number of nitrogens with zero attached hydrogens (tertiary/aromatic N) is 1. The second-order valence-electron chi connectivity index (χ2n) is 6.21. The molecule has 1 atom stereocenters. The Kier molecular flexibility index (Phi) is 5.33. The van der Waals surface area contributed by atoms with Gasteiger partial charge in [0.25, 0.3) is 5.91 Å². The molecule has 2 aromatic carbocycles. The zero-order valence-corrected chi connectivity index (χ0v) is 14.3. The maximum atomic E-state index is 12.5. The van der Waals surface area contributed by atoms with Gasteiger partial charge in [0.1, 0.15) is 11.8 Å². The van der Waals surface area contributed by atoms with E-state index in [4.69, 9.17) is 4.74 Å². The zero-order chi connectivity index (χ0) is 17.6. The number of benzene rings is 2. The molecule has 1 N–H and O–H groups in total. The fourth-order valence-corrected chi connectivity index (χ4v) is 3.02. The minimum Gasteiger partial charge on any atom is -0.484 e. The molecule has 1 aliphatic heterocycles. The van der Waals surface area contributed by atoms with Gasteiger partial charge >= 0.3 is 0 Å². The standard InChI is InChI=1S/C20H22N2O3/c1-15-7-5-10-17(13-15)25-14-19(23)22-12-6-11-18(22)20(24)21-16-8-3-2-4-9-16/h2-5,7-10,13,18H,6,11-12,14H2,1H3,(H,21,24)/t18-/m0/s1. The lowest BCUT2D eigenvalue weighted by Crippen LogP contribution is -2.45. The van der Waals surface area contributed by atoms with Crippen molar-refractivity contribution in [1.29, 1.82) is 0 Å². The third-order valence-electron chi connectivity index (χ3n) is 4.27. The number of likely N-dealkylation sites (tertiary alicyclic amines) is 1. The molecule has 0 spiro atoms. The van der Waals surface area contributed by atoms with Crippen LogP contribution in [0.2, 0.25) is 0 Å². The summed E-state index contributed by atoms with van der Waals surface area (Å²) in [4.78, 5) is 26.6. The van der Waals surface area contributed by atoms with Crippen molar-refractivity contribution in [3.63, 3.8) is 0 Å². The van der Waals surface area contributed by atoms with Gasteiger partial charge in [-0.3, -0.25) is 9.59 Å². The molecule has 1 fully saturated rings. The Bertz CT molecular complexity index is 746. The van der Waals surface area contributed by atoms with Crippen LogP contribution in [-0.4, -0.2) is 35.9 Å². The van der Waals surface area contributed by atoms with E-state index in [-0.39, 0.29) is 18.4 Å². The van der Waals surface area contributed by atoms with E-state index in [1.807, 2.05) is 61.5 Å². The Morgan fingerprint density at radius 3 is 2.72 bits per heavy atom. The van der Waals surface area contributed by atoms with Crippen molar-refractivity contribution in [2.75, 3.05) is 18.5 Å². The van der Waals surface area contributed by atoms with Gasteiger partial charge in [0.05, 0.1) is 0 Å². The molecule has 0 saturated carbocycles. The molecule has 5 heteroatoms. The van der Waals surface area contributed by atoms with Crippen LogP contribution in [0.15, 0.2) is 54.6 Å². The normalized spacial score (nSPS) is 16.5. The zero-order valence-electron chi connectivity index (χ0n) is 14.3. The predicted octanol–water partition coefficient (Wildman–Crippen LogP) is 3.00. The number of hydrogen-bond acceptors (Lipinski definition) is 3. The summed E-state index contributed by atoms with van der Waals surface area (Å²) in [5.74, 6) is 0.359. The van der Waals surface area contributed by atoms with Gasteiger partial charge in [-0.1, -0.05) is 30.3 Å². The lowest BCUT2D eigenvalue weighted by atomic mass is 10.2. The number of aryl methyl sites for hydroxylation is 1. The number of anilines is 1. The van der Waals surface area contributed by atoms with E-state index in [0.717, 1.165) is 17.7 Å². The molecule has 0 radical (unpaired) electrons. The van der Waals surface area contributed by atoms with E-state index in [1.54, 1.807) is 4.90 Å². The van der Waals surface area contributed by atoms with Crippen molar-refractivity contribution in [1.82, 2.24) is 4.90 Å². The molecule has 2 aromatic rings. The number of carbonyl (C=O) groups is 2. The first kappa shape index (κ1) is 17.0. The first-order chi connectivity index (χ1) is 12.1. The van der Waals surface area contributed by atoms with Crippen molar-refractivity contribution in [2.24, 2.45) is 0 Å². The van der Waals surface area contributed by atoms with E-state index in [0.29, 0.717) is 18.7 Å². The summed E-state index contributed by atoms with van der Waals surface area (Å²) >= 11 is 0.